The SMILES string of the molecule is CCC(CC(=O)OCOC(=O)Cc1ccc(OP(=O)(O)OCc2ccccc2)cc1)c1ccc(N(CC(C)C)CC(C)C)c(NC(=O)Nc2ccc(C)cc2)c1. The van der Waals surface area contributed by atoms with Crippen LogP contribution in [-0.4, -0.2) is 42.7 Å². The van der Waals surface area contributed by atoms with Crippen molar-refractivity contribution < 1.29 is 42.4 Å². The Morgan fingerprint density at radius 3 is 2.05 bits per heavy atom. The van der Waals surface area contributed by atoms with E-state index in [2.05, 4.69) is 43.2 Å². The third kappa shape index (κ3) is 14.8. The van der Waals surface area contributed by atoms with Crippen LogP contribution in [0.5, 0.6) is 5.75 Å². The highest BCUT2D eigenvalue weighted by atomic mass is 31.2. The van der Waals surface area contributed by atoms with Gasteiger partial charge < -0.3 is 29.5 Å². The Bertz CT molecular complexity index is 1910. The molecule has 0 radical (unpaired) electrons. The van der Waals surface area contributed by atoms with Crippen LogP contribution >= 0.6 is 7.82 Å². The number of hydrogen-bond acceptors (Lipinski definition) is 9. The number of aryl methyl sites for hydroxylation is 1. The number of urea groups is 1. The first kappa shape index (κ1) is 43.6. The summed E-state index contributed by atoms with van der Waals surface area (Å²) >= 11 is 0. The first-order valence-electron chi connectivity index (χ1n) is 18.8. The molecule has 56 heavy (non-hydrogen) atoms. The van der Waals surface area contributed by atoms with Gasteiger partial charge in [-0.05, 0) is 84.2 Å². The minimum absolute atomic E-state index is 0.0370. The minimum Gasteiger partial charge on any atom is -0.428 e. The zero-order chi connectivity index (χ0) is 40.7. The maximum absolute atomic E-state index is 13.2. The maximum atomic E-state index is 13.2. The van der Waals surface area contributed by atoms with Gasteiger partial charge in [0.1, 0.15) is 5.75 Å². The van der Waals surface area contributed by atoms with Crippen LogP contribution in [-0.2, 0) is 41.2 Å². The summed E-state index contributed by atoms with van der Waals surface area (Å²) in [7, 11) is -4.38. The maximum Gasteiger partial charge on any atom is 0.527 e. The molecule has 2 atom stereocenters. The molecular weight excluding hydrogens is 733 g/mol. The highest BCUT2D eigenvalue weighted by molar-refractivity contribution is 7.47. The minimum atomic E-state index is -4.38. The van der Waals surface area contributed by atoms with Crippen LogP contribution in [0.25, 0.3) is 0 Å². The molecule has 0 saturated heterocycles. The molecule has 0 bridgehead atoms. The number of anilines is 3. The predicted octanol–water partition coefficient (Wildman–Crippen LogP) is 9.62. The number of nitrogens with zero attached hydrogens (tertiary/aromatic N) is 1. The molecule has 13 heteroatoms. The van der Waals surface area contributed by atoms with Gasteiger partial charge in [-0.25, -0.2) is 9.36 Å². The topological polar surface area (TPSA) is 153 Å². The second-order valence-electron chi connectivity index (χ2n) is 14.5. The van der Waals surface area contributed by atoms with Crippen LogP contribution in [0.15, 0.2) is 97.1 Å². The number of rotatable bonds is 20. The van der Waals surface area contributed by atoms with E-state index in [1.807, 2.05) is 62.4 Å². The van der Waals surface area contributed by atoms with Gasteiger partial charge >= 0.3 is 25.8 Å². The molecule has 0 spiro atoms. The Morgan fingerprint density at radius 1 is 0.786 bits per heavy atom. The fourth-order valence-electron chi connectivity index (χ4n) is 5.95. The van der Waals surface area contributed by atoms with Gasteiger partial charge in [0.25, 0.3) is 0 Å². The van der Waals surface area contributed by atoms with Crippen LogP contribution in [0.1, 0.15) is 75.6 Å². The Hall–Kier alpha value is -5.16. The summed E-state index contributed by atoms with van der Waals surface area (Å²) in [6.45, 7) is 13.5. The van der Waals surface area contributed by atoms with E-state index >= 15 is 0 Å². The summed E-state index contributed by atoms with van der Waals surface area (Å²) in [5, 5.41) is 5.98. The number of nitrogens with one attached hydrogen (secondary N) is 2. The van der Waals surface area contributed by atoms with Gasteiger partial charge in [-0.15, -0.1) is 0 Å². The van der Waals surface area contributed by atoms with E-state index in [0.717, 1.165) is 35.5 Å². The lowest BCUT2D eigenvalue weighted by Crippen LogP contribution is -2.32. The lowest BCUT2D eigenvalue weighted by atomic mass is 9.92. The van der Waals surface area contributed by atoms with E-state index in [0.29, 0.717) is 35.2 Å². The molecule has 4 aromatic rings. The fourth-order valence-corrected chi connectivity index (χ4v) is 6.71. The lowest BCUT2D eigenvalue weighted by Gasteiger charge is -2.31. The van der Waals surface area contributed by atoms with Gasteiger partial charge in [0.15, 0.2) is 0 Å². The smallest absolute Gasteiger partial charge is 0.428 e. The lowest BCUT2D eigenvalue weighted by molar-refractivity contribution is -0.167. The Labute approximate surface area is 330 Å². The van der Waals surface area contributed by atoms with Crippen molar-refractivity contribution in [2.75, 3.05) is 35.4 Å². The van der Waals surface area contributed by atoms with E-state index in [9.17, 15) is 23.8 Å². The largest absolute Gasteiger partial charge is 0.527 e. The number of phosphoric ester groups is 1. The summed E-state index contributed by atoms with van der Waals surface area (Å²) in [5.41, 5.74) is 5.42. The van der Waals surface area contributed by atoms with Gasteiger partial charge in [-0.2, -0.15) is 0 Å². The van der Waals surface area contributed by atoms with E-state index in [1.54, 1.807) is 36.4 Å². The number of amides is 2. The third-order valence-corrected chi connectivity index (χ3v) is 9.53. The number of ether oxygens (including phenoxy) is 2. The molecule has 0 fully saturated rings. The average molecular weight is 788 g/mol. The van der Waals surface area contributed by atoms with E-state index in [4.69, 9.17) is 18.5 Å². The van der Waals surface area contributed by atoms with Crippen molar-refractivity contribution >= 4 is 42.9 Å². The molecule has 2 amide bonds. The predicted molar refractivity (Wildman–Crippen MR) is 219 cm³/mol. The molecule has 4 rings (SSSR count). The highest BCUT2D eigenvalue weighted by Gasteiger charge is 2.24. The normalized spacial score (nSPS) is 12.7. The Balaban J connectivity index is 1.32. The monoisotopic (exact) mass is 787 g/mol. The second kappa shape index (κ2) is 21.2. The van der Waals surface area contributed by atoms with Crippen molar-refractivity contribution in [2.24, 2.45) is 11.8 Å². The van der Waals surface area contributed by atoms with Crippen LogP contribution in [0.4, 0.5) is 21.9 Å². The van der Waals surface area contributed by atoms with E-state index in [1.165, 1.54) is 12.1 Å². The van der Waals surface area contributed by atoms with Gasteiger partial charge in [-0.3, -0.25) is 19.0 Å². The average Bonchev–Trinajstić information content (AvgIpc) is 3.14. The van der Waals surface area contributed by atoms with Crippen molar-refractivity contribution in [1.29, 1.82) is 0 Å². The van der Waals surface area contributed by atoms with Crippen LogP contribution in [0.2, 0.25) is 0 Å². The molecule has 300 valence electrons. The standard InChI is InChI=1S/C43H54N3O9P/c1-7-35(36-17-22-40(46(26-30(2)3)27-31(4)5)39(24-36)45-43(49)44-37-18-13-32(6)14-19-37)25-42(48)53-29-52-41(47)23-33-15-20-38(21-16-33)55-56(50,51)54-28-34-11-9-8-10-12-34/h8-22,24,30-31,35H,7,23,25-29H2,1-6H3,(H,50,51)(H2,44,45,49). The van der Waals surface area contributed by atoms with Gasteiger partial charge in [0, 0.05) is 18.8 Å². The number of hydrogen-bond donors (Lipinski definition) is 3. The molecule has 4 aromatic carbocycles. The second-order valence-corrected chi connectivity index (χ2v) is 15.9. The third-order valence-electron chi connectivity index (χ3n) is 8.64. The number of carbonyl (C=O) groups excluding carboxylic acids is 3. The van der Waals surface area contributed by atoms with Crippen molar-refractivity contribution in [2.45, 2.75) is 73.3 Å². The summed E-state index contributed by atoms with van der Waals surface area (Å²) in [4.78, 5) is 51.1. The van der Waals surface area contributed by atoms with Crippen LogP contribution in [0, 0.1) is 18.8 Å². The van der Waals surface area contributed by atoms with Crippen LogP contribution in [0.3, 0.4) is 0 Å². The number of benzene rings is 4. The Morgan fingerprint density at radius 2 is 1.43 bits per heavy atom. The summed E-state index contributed by atoms with van der Waals surface area (Å²) < 4.78 is 33.0. The molecule has 0 aromatic heterocycles. The fraction of sp³-hybridized carbons (Fsp3) is 0.372. The van der Waals surface area contributed by atoms with E-state index < -0.39 is 26.6 Å². The molecule has 0 aliphatic rings. The molecule has 12 nitrogen and oxygen atoms in total. The van der Waals surface area contributed by atoms with Crippen molar-refractivity contribution in [3.8, 4) is 5.75 Å². The molecular formula is C43H54N3O9P. The van der Waals surface area contributed by atoms with Gasteiger partial charge in [0.05, 0.1) is 30.8 Å². The van der Waals surface area contributed by atoms with Crippen molar-refractivity contribution in [3.05, 3.63) is 119 Å². The molecule has 2 unspecified atom stereocenters. The zero-order valence-electron chi connectivity index (χ0n) is 33.0. The summed E-state index contributed by atoms with van der Waals surface area (Å²) in [6.07, 6.45) is 0.534. The van der Waals surface area contributed by atoms with Gasteiger partial charge in [0.2, 0.25) is 6.79 Å². The first-order chi connectivity index (χ1) is 26.7. The molecule has 0 aliphatic heterocycles. The first-order valence-corrected chi connectivity index (χ1v) is 20.3. The molecule has 3 N–H and O–H groups in total. The van der Waals surface area contributed by atoms with Crippen LogP contribution < -0.4 is 20.1 Å². The summed E-state index contributed by atoms with van der Waals surface area (Å²) in [6, 6.07) is 28.0. The van der Waals surface area contributed by atoms with Crippen molar-refractivity contribution in [3.63, 3.8) is 0 Å². The highest BCUT2D eigenvalue weighted by Crippen LogP contribution is 2.44. The molecule has 0 saturated carbocycles. The quantitative estimate of drug-likeness (QED) is 0.0448. The van der Waals surface area contributed by atoms with Crippen molar-refractivity contribution in [1.82, 2.24) is 0 Å². The number of phosphoric acid groups is 1. The van der Waals surface area contributed by atoms with Gasteiger partial charge in [-0.1, -0.05) is 101 Å². The Kier molecular flexibility index (Phi) is 16.5. The van der Waals surface area contributed by atoms with E-state index in [-0.39, 0.29) is 37.1 Å². The molecule has 0 aliphatic carbocycles. The summed E-state index contributed by atoms with van der Waals surface area (Å²) in [5.74, 6) is -0.530. The number of carbonyl (C=O) groups is 3. The number of esters is 2. The molecule has 0 heterocycles. The zero-order valence-corrected chi connectivity index (χ0v) is 33.9.